The van der Waals surface area contributed by atoms with Gasteiger partial charge in [-0.1, -0.05) is 13.8 Å². The summed E-state index contributed by atoms with van der Waals surface area (Å²) in [5.74, 6) is 0.631. The Morgan fingerprint density at radius 2 is 2.00 bits per heavy atom. The maximum Gasteiger partial charge on any atom is 0.0628 e. The predicted octanol–water partition coefficient (Wildman–Crippen LogP) is 3.05. The van der Waals surface area contributed by atoms with Gasteiger partial charge in [-0.05, 0) is 58.1 Å². The molecule has 0 aromatic carbocycles. The second kappa shape index (κ2) is 4.09. The van der Waals surface area contributed by atoms with Crippen molar-refractivity contribution in [1.29, 1.82) is 0 Å². The minimum atomic E-state index is 0.0688. The molecule has 0 aliphatic heterocycles. The molecule has 0 saturated heterocycles. The van der Waals surface area contributed by atoms with Crippen LogP contribution in [0, 0.1) is 12.3 Å². The van der Waals surface area contributed by atoms with Gasteiger partial charge in [0, 0.05) is 12.2 Å². The third kappa shape index (κ3) is 1.99. The van der Waals surface area contributed by atoms with Crippen LogP contribution in [0.5, 0.6) is 0 Å². The van der Waals surface area contributed by atoms with Crippen molar-refractivity contribution in [3.8, 4) is 0 Å². The molecule has 1 aliphatic rings. The average Bonchev–Trinajstić information content (AvgIpc) is 2.59. The standard InChI is InChI=1S/C15H27N3/c1-10-11(9-18(17-10)14(2,3)4)12-8-13(16-7)15(12,5)6/h9,12-13,16H,8H2,1-7H3. The molecule has 102 valence electrons. The molecule has 1 saturated carbocycles. The van der Waals surface area contributed by atoms with E-state index in [1.807, 2.05) is 0 Å². The summed E-state index contributed by atoms with van der Waals surface area (Å²) in [4.78, 5) is 0. The fourth-order valence-corrected chi connectivity index (χ4v) is 3.10. The molecular weight excluding hydrogens is 222 g/mol. The first-order valence-electron chi connectivity index (χ1n) is 6.92. The molecule has 0 spiro atoms. The lowest BCUT2D eigenvalue weighted by Crippen LogP contribution is -2.54. The van der Waals surface area contributed by atoms with Crippen molar-refractivity contribution >= 4 is 0 Å². The largest absolute Gasteiger partial charge is 0.316 e. The van der Waals surface area contributed by atoms with E-state index in [4.69, 9.17) is 5.10 Å². The normalized spacial score (nSPS) is 27.1. The van der Waals surface area contributed by atoms with Crippen molar-refractivity contribution in [3.05, 3.63) is 17.5 Å². The Balaban J connectivity index is 2.29. The van der Waals surface area contributed by atoms with Crippen LogP contribution in [0.25, 0.3) is 0 Å². The predicted molar refractivity (Wildman–Crippen MR) is 75.9 cm³/mol. The number of nitrogens with zero attached hydrogens (tertiary/aromatic N) is 2. The summed E-state index contributed by atoms with van der Waals surface area (Å²) in [5.41, 5.74) is 3.02. The second-order valence-electron chi connectivity index (χ2n) is 7.24. The van der Waals surface area contributed by atoms with Gasteiger partial charge in [0.15, 0.2) is 0 Å². The fraction of sp³-hybridized carbons (Fsp3) is 0.800. The molecule has 2 rings (SSSR count). The highest BCUT2D eigenvalue weighted by Gasteiger charge is 2.49. The van der Waals surface area contributed by atoms with E-state index in [9.17, 15) is 0 Å². The zero-order chi connectivity index (χ0) is 13.7. The molecule has 1 N–H and O–H groups in total. The van der Waals surface area contributed by atoms with Gasteiger partial charge >= 0.3 is 0 Å². The highest BCUT2D eigenvalue weighted by atomic mass is 15.3. The van der Waals surface area contributed by atoms with E-state index < -0.39 is 0 Å². The maximum absolute atomic E-state index is 4.70. The summed E-state index contributed by atoms with van der Waals surface area (Å²) >= 11 is 0. The summed E-state index contributed by atoms with van der Waals surface area (Å²) in [5, 5.41) is 8.12. The first-order valence-corrected chi connectivity index (χ1v) is 6.92. The lowest BCUT2D eigenvalue weighted by molar-refractivity contribution is 0.0746. The van der Waals surface area contributed by atoms with Crippen LogP contribution < -0.4 is 5.32 Å². The molecule has 0 radical (unpaired) electrons. The number of nitrogens with one attached hydrogen (secondary N) is 1. The Bertz CT molecular complexity index is 437. The van der Waals surface area contributed by atoms with Crippen molar-refractivity contribution in [2.45, 2.75) is 65.5 Å². The zero-order valence-corrected chi connectivity index (χ0v) is 12.8. The van der Waals surface area contributed by atoms with E-state index in [0.717, 1.165) is 0 Å². The number of aryl methyl sites for hydroxylation is 1. The molecule has 3 heteroatoms. The molecule has 1 aromatic heterocycles. The second-order valence-corrected chi connectivity index (χ2v) is 7.24. The van der Waals surface area contributed by atoms with Gasteiger partial charge in [0.25, 0.3) is 0 Å². The zero-order valence-electron chi connectivity index (χ0n) is 12.8. The van der Waals surface area contributed by atoms with E-state index in [2.05, 4.69) is 64.8 Å². The average molecular weight is 249 g/mol. The van der Waals surface area contributed by atoms with E-state index in [1.165, 1.54) is 17.7 Å². The minimum Gasteiger partial charge on any atom is -0.316 e. The monoisotopic (exact) mass is 249 g/mol. The summed E-state index contributed by atoms with van der Waals surface area (Å²) in [6.45, 7) is 13.5. The van der Waals surface area contributed by atoms with Gasteiger partial charge < -0.3 is 5.32 Å². The number of rotatable bonds is 2. The SMILES string of the molecule is CNC1CC(c2cn(C(C)(C)C)nc2C)C1(C)C. The van der Waals surface area contributed by atoms with E-state index in [0.29, 0.717) is 17.4 Å². The van der Waals surface area contributed by atoms with Gasteiger partial charge in [0.05, 0.1) is 11.2 Å². The first kappa shape index (κ1) is 13.6. The van der Waals surface area contributed by atoms with Gasteiger partial charge in [-0.15, -0.1) is 0 Å². The van der Waals surface area contributed by atoms with Crippen LogP contribution in [0.4, 0.5) is 0 Å². The summed E-state index contributed by atoms with van der Waals surface area (Å²) in [7, 11) is 2.06. The molecule has 2 unspecified atom stereocenters. The Hall–Kier alpha value is -0.830. The summed E-state index contributed by atoms with van der Waals surface area (Å²) in [6, 6.07) is 0.625. The van der Waals surface area contributed by atoms with Crippen LogP contribution in [-0.4, -0.2) is 22.9 Å². The molecule has 18 heavy (non-hydrogen) atoms. The number of aromatic nitrogens is 2. The van der Waals surface area contributed by atoms with E-state index in [-0.39, 0.29) is 5.54 Å². The van der Waals surface area contributed by atoms with Gasteiger partial charge in [0.2, 0.25) is 0 Å². The van der Waals surface area contributed by atoms with Crippen LogP contribution >= 0.6 is 0 Å². The van der Waals surface area contributed by atoms with Gasteiger partial charge in [0.1, 0.15) is 0 Å². The Morgan fingerprint density at radius 3 is 2.39 bits per heavy atom. The lowest BCUT2D eigenvalue weighted by atomic mass is 9.56. The Kier molecular flexibility index (Phi) is 3.09. The smallest absolute Gasteiger partial charge is 0.0628 e. The minimum absolute atomic E-state index is 0.0688. The van der Waals surface area contributed by atoms with Crippen molar-refractivity contribution in [2.24, 2.45) is 5.41 Å². The van der Waals surface area contributed by atoms with Gasteiger partial charge in [-0.2, -0.15) is 5.10 Å². The molecular formula is C15H27N3. The van der Waals surface area contributed by atoms with Crippen LogP contribution in [0.1, 0.15) is 58.2 Å². The highest BCUT2D eigenvalue weighted by molar-refractivity contribution is 5.29. The number of hydrogen-bond acceptors (Lipinski definition) is 2. The van der Waals surface area contributed by atoms with Crippen LogP contribution in [0.15, 0.2) is 6.20 Å². The first-order chi connectivity index (χ1) is 8.17. The summed E-state index contributed by atoms with van der Waals surface area (Å²) < 4.78 is 2.11. The van der Waals surface area contributed by atoms with Gasteiger partial charge in [-0.3, -0.25) is 4.68 Å². The van der Waals surface area contributed by atoms with Crippen molar-refractivity contribution in [2.75, 3.05) is 7.05 Å². The Morgan fingerprint density at radius 1 is 1.39 bits per heavy atom. The molecule has 1 heterocycles. The Labute approximate surface area is 111 Å². The molecule has 1 aliphatic carbocycles. The van der Waals surface area contributed by atoms with Crippen molar-refractivity contribution in [3.63, 3.8) is 0 Å². The molecule has 1 fully saturated rings. The quantitative estimate of drug-likeness (QED) is 0.873. The molecule has 0 bridgehead atoms. The molecule has 2 atom stereocenters. The lowest BCUT2D eigenvalue weighted by Gasteiger charge is -2.52. The fourth-order valence-electron chi connectivity index (χ4n) is 3.10. The van der Waals surface area contributed by atoms with E-state index >= 15 is 0 Å². The third-order valence-corrected chi connectivity index (χ3v) is 4.62. The molecule has 3 nitrogen and oxygen atoms in total. The molecule has 1 aromatic rings. The van der Waals surface area contributed by atoms with Crippen molar-refractivity contribution < 1.29 is 0 Å². The van der Waals surface area contributed by atoms with Crippen LogP contribution in [0.2, 0.25) is 0 Å². The van der Waals surface area contributed by atoms with Gasteiger partial charge in [-0.25, -0.2) is 0 Å². The topological polar surface area (TPSA) is 29.9 Å². The van der Waals surface area contributed by atoms with E-state index in [1.54, 1.807) is 0 Å². The van der Waals surface area contributed by atoms with Crippen molar-refractivity contribution in [1.82, 2.24) is 15.1 Å². The third-order valence-electron chi connectivity index (χ3n) is 4.62. The highest BCUT2D eigenvalue weighted by Crippen LogP contribution is 2.53. The summed E-state index contributed by atoms with van der Waals surface area (Å²) in [6.07, 6.45) is 3.48. The number of hydrogen-bond donors (Lipinski definition) is 1. The van der Waals surface area contributed by atoms with Crippen LogP contribution in [-0.2, 0) is 5.54 Å². The maximum atomic E-state index is 4.70. The molecule has 0 amide bonds. The van der Waals surface area contributed by atoms with Crippen LogP contribution in [0.3, 0.4) is 0 Å².